The second-order valence-electron chi connectivity index (χ2n) is 6.02. The van der Waals surface area contributed by atoms with Gasteiger partial charge >= 0.3 is 13.8 Å². The van der Waals surface area contributed by atoms with E-state index in [4.69, 9.17) is 14.5 Å². The van der Waals surface area contributed by atoms with E-state index < -0.39 is 13.9 Å². The first kappa shape index (κ1) is 22.6. The Balaban J connectivity index is 3.41. The molecule has 0 heterocycles. The van der Waals surface area contributed by atoms with Gasteiger partial charge in [-0.05, 0) is 13.3 Å². The number of hydrogen-bond donors (Lipinski definition) is 2. The second kappa shape index (κ2) is 14.0. The van der Waals surface area contributed by atoms with Gasteiger partial charge in [-0.15, -0.1) is 0 Å². The van der Waals surface area contributed by atoms with E-state index in [0.717, 1.165) is 19.3 Å². The summed E-state index contributed by atoms with van der Waals surface area (Å²) in [6.45, 7) is 3.47. The smallest absolute Gasteiger partial charge is 0.460 e. The number of carbonyl (C=O) groups is 1. The summed E-state index contributed by atoms with van der Waals surface area (Å²) in [6, 6.07) is 0. The lowest BCUT2D eigenvalue weighted by molar-refractivity contribution is -0.150. The van der Waals surface area contributed by atoms with E-state index in [9.17, 15) is 9.36 Å². The normalized spacial score (nSPS) is 13.0. The average Bonchev–Trinajstić information content (AvgIpc) is 2.46. The first-order chi connectivity index (χ1) is 10.8. The van der Waals surface area contributed by atoms with E-state index in [1.807, 2.05) is 0 Å². The molecule has 0 radical (unpaired) electrons. The van der Waals surface area contributed by atoms with Gasteiger partial charge in [0.2, 0.25) is 0 Å². The molecule has 0 spiro atoms. The number of esters is 1. The number of phosphoric acid groups is 1. The van der Waals surface area contributed by atoms with Crippen molar-refractivity contribution >= 4 is 13.8 Å². The highest BCUT2D eigenvalue weighted by molar-refractivity contribution is 7.46. The Morgan fingerprint density at radius 1 is 0.957 bits per heavy atom. The highest BCUT2D eigenvalue weighted by Gasteiger charge is 2.17. The van der Waals surface area contributed by atoms with Gasteiger partial charge in [-0.2, -0.15) is 0 Å². The van der Waals surface area contributed by atoms with Crippen LogP contribution in [0.15, 0.2) is 0 Å². The first-order valence-electron chi connectivity index (χ1n) is 8.74. The van der Waals surface area contributed by atoms with Gasteiger partial charge in [-0.3, -0.25) is 9.32 Å². The van der Waals surface area contributed by atoms with Crippen LogP contribution >= 0.6 is 7.82 Å². The zero-order chi connectivity index (χ0) is 17.6. The first-order valence-corrected chi connectivity index (χ1v) is 10.3. The number of phosphoric ester groups is 1. The van der Waals surface area contributed by atoms with Crippen LogP contribution < -0.4 is 0 Å². The number of ether oxygens (including phenoxy) is 1. The molecule has 0 aromatic heterocycles. The zero-order valence-electron chi connectivity index (χ0n) is 14.5. The van der Waals surface area contributed by atoms with Crippen molar-refractivity contribution < 1.29 is 28.4 Å². The molecule has 0 fully saturated rings. The fourth-order valence-corrected chi connectivity index (χ4v) is 2.68. The molecule has 138 valence electrons. The molecule has 0 aromatic rings. The van der Waals surface area contributed by atoms with Crippen molar-refractivity contribution in [2.45, 2.75) is 90.6 Å². The van der Waals surface area contributed by atoms with Crippen LogP contribution in [-0.4, -0.2) is 28.5 Å². The Hall–Kier alpha value is -0.420. The lowest BCUT2D eigenvalue weighted by Gasteiger charge is -2.13. The van der Waals surface area contributed by atoms with Gasteiger partial charge in [0, 0.05) is 6.42 Å². The van der Waals surface area contributed by atoms with Crippen LogP contribution in [-0.2, 0) is 18.6 Å². The molecule has 0 aliphatic carbocycles. The third-order valence-electron chi connectivity index (χ3n) is 3.54. The largest absolute Gasteiger partial charge is 0.469 e. The van der Waals surface area contributed by atoms with Crippen LogP contribution in [0.1, 0.15) is 84.5 Å². The van der Waals surface area contributed by atoms with E-state index in [0.29, 0.717) is 6.42 Å². The van der Waals surface area contributed by atoms with Crippen molar-refractivity contribution in [1.29, 1.82) is 0 Å². The molecule has 0 saturated heterocycles. The molecule has 0 amide bonds. The van der Waals surface area contributed by atoms with Gasteiger partial charge < -0.3 is 14.5 Å². The lowest BCUT2D eigenvalue weighted by atomic mass is 10.1. The van der Waals surface area contributed by atoms with Gasteiger partial charge in [-0.25, -0.2) is 4.57 Å². The van der Waals surface area contributed by atoms with Crippen LogP contribution in [0.5, 0.6) is 0 Å². The average molecular weight is 352 g/mol. The van der Waals surface area contributed by atoms with Crippen molar-refractivity contribution in [2.75, 3.05) is 6.61 Å². The summed E-state index contributed by atoms with van der Waals surface area (Å²) in [7, 11) is -4.50. The maximum absolute atomic E-state index is 11.5. The molecule has 1 atom stereocenters. The number of hydrogen-bond acceptors (Lipinski definition) is 4. The molecule has 0 unspecified atom stereocenters. The summed E-state index contributed by atoms with van der Waals surface area (Å²) < 4.78 is 19.8. The zero-order valence-corrected chi connectivity index (χ0v) is 15.4. The van der Waals surface area contributed by atoms with Crippen molar-refractivity contribution in [1.82, 2.24) is 0 Å². The molecule has 23 heavy (non-hydrogen) atoms. The number of carbonyl (C=O) groups excluding carboxylic acids is 1. The van der Waals surface area contributed by atoms with Crippen LogP contribution in [0.25, 0.3) is 0 Å². The van der Waals surface area contributed by atoms with E-state index in [1.165, 1.54) is 44.9 Å². The molecule has 0 rings (SSSR count). The number of rotatable bonds is 15. The maximum Gasteiger partial charge on any atom is 0.469 e. The molecule has 0 aromatic carbocycles. The SMILES string of the molecule is CCCCCCCCCCCCC(=O)O[C@H](C)COP(=O)(O)O. The van der Waals surface area contributed by atoms with E-state index >= 15 is 0 Å². The number of unbranched alkanes of at least 4 members (excludes halogenated alkanes) is 9. The third-order valence-corrected chi connectivity index (χ3v) is 4.03. The summed E-state index contributed by atoms with van der Waals surface area (Å²) in [6.07, 6.45) is 11.7. The van der Waals surface area contributed by atoms with Crippen LogP contribution in [0.3, 0.4) is 0 Å². The third kappa shape index (κ3) is 17.8. The molecule has 0 bridgehead atoms. The van der Waals surface area contributed by atoms with Crippen LogP contribution in [0, 0.1) is 0 Å². The molecule has 7 heteroatoms. The minimum atomic E-state index is -4.50. The molecule has 0 saturated carbocycles. The Bertz CT molecular complexity index is 341. The Morgan fingerprint density at radius 3 is 1.91 bits per heavy atom. The molecule has 6 nitrogen and oxygen atoms in total. The quantitative estimate of drug-likeness (QED) is 0.259. The predicted octanol–water partition coefficient (Wildman–Crippen LogP) is 4.34. The van der Waals surface area contributed by atoms with Gasteiger partial charge in [0.1, 0.15) is 6.10 Å². The molecular weight excluding hydrogens is 319 g/mol. The Morgan fingerprint density at radius 2 is 1.43 bits per heavy atom. The second-order valence-corrected chi connectivity index (χ2v) is 7.26. The van der Waals surface area contributed by atoms with Crippen LogP contribution in [0.4, 0.5) is 0 Å². The Kier molecular flexibility index (Phi) is 13.7. The lowest BCUT2D eigenvalue weighted by Crippen LogP contribution is -2.19. The van der Waals surface area contributed by atoms with Gasteiger partial charge in [-0.1, -0.05) is 64.7 Å². The van der Waals surface area contributed by atoms with Gasteiger partial charge in [0.15, 0.2) is 0 Å². The topological polar surface area (TPSA) is 93.1 Å². The van der Waals surface area contributed by atoms with E-state index in [-0.39, 0.29) is 12.6 Å². The molecular formula is C16H33O6P. The van der Waals surface area contributed by atoms with E-state index in [2.05, 4.69) is 11.4 Å². The van der Waals surface area contributed by atoms with Crippen molar-refractivity contribution in [3.8, 4) is 0 Å². The van der Waals surface area contributed by atoms with Crippen molar-refractivity contribution in [3.63, 3.8) is 0 Å². The molecule has 0 aliphatic heterocycles. The summed E-state index contributed by atoms with van der Waals surface area (Å²) in [5.74, 6) is -0.341. The van der Waals surface area contributed by atoms with Crippen molar-refractivity contribution in [2.24, 2.45) is 0 Å². The maximum atomic E-state index is 11.5. The Labute approximate surface area is 140 Å². The minimum absolute atomic E-state index is 0.298. The van der Waals surface area contributed by atoms with Crippen LogP contribution in [0.2, 0.25) is 0 Å². The predicted molar refractivity (Wildman–Crippen MR) is 90.0 cm³/mol. The summed E-state index contributed by atoms with van der Waals surface area (Å²) in [5.41, 5.74) is 0. The molecule has 0 aliphatic rings. The van der Waals surface area contributed by atoms with E-state index in [1.54, 1.807) is 6.92 Å². The van der Waals surface area contributed by atoms with Gasteiger partial charge in [0.25, 0.3) is 0 Å². The highest BCUT2D eigenvalue weighted by Crippen LogP contribution is 2.35. The highest BCUT2D eigenvalue weighted by atomic mass is 31.2. The minimum Gasteiger partial charge on any atom is -0.460 e. The molecule has 2 N–H and O–H groups in total. The summed E-state index contributed by atoms with van der Waals surface area (Å²) in [4.78, 5) is 28.6. The fraction of sp³-hybridized carbons (Fsp3) is 0.938. The summed E-state index contributed by atoms with van der Waals surface area (Å²) in [5, 5.41) is 0. The summed E-state index contributed by atoms with van der Waals surface area (Å²) >= 11 is 0. The fourth-order valence-electron chi connectivity index (χ4n) is 2.28. The monoisotopic (exact) mass is 352 g/mol. The standard InChI is InChI=1S/C16H33O6P/c1-3-4-5-6-7-8-9-10-11-12-13-16(17)22-15(2)14-21-23(18,19)20/h15H,3-14H2,1-2H3,(H2,18,19,20)/t15-/m1/s1. The van der Waals surface area contributed by atoms with Gasteiger partial charge in [0.05, 0.1) is 6.61 Å². The van der Waals surface area contributed by atoms with Crippen molar-refractivity contribution in [3.05, 3.63) is 0 Å².